The third kappa shape index (κ3) is 6.66. The SMILES string of the molecule is COCCN(CC(=O)Nc1cc(C(C)(C)C)nn1-c1ccc(OC)cc1)C(=O)c1ccc(F)cc1. The number of ether oxygens (including phenoxy) is 2. The van der Waals surface area contributed by atoms with Gasteiger partial charge in [-0.2, -0.15) is 5.10 Å². The molecule has 2 aromatic carbocycles. The average Bonchev–Trinajstić information content (AvgIpc) is 3.26. The Morgan fingerprint density at radius 2 is 1.71 bits per heavy atom. The van der Waals surface area contributed by atoms with Crippen molar-refractivity contribution in [3.05, 3.63) is 71.7 Å². The summed E-state index contributed by atoms with van der Waals surface area (Å²) in [4.78, 5) is 27.4. The van der Waals surface area contributed by atoms with Gasteiger partial charge < -0.3 is 19.7 Å². The van der Waals surface area contributed by atoms with Gasteiger partial charge in [-0.15, -0.1) is 0 Å². The first kappa shape index (κ1) is 25.9. The highest BCUT2D eigenvalue weighted by Gasteiger charge is 2.23. The number of amides is 2. The lowest BCUT2D eigenvalue weighted by Gasteiger charge is -2.22. The predicted octanol–water partition coefficient (Wildman–Crippen LogP) is 4.04. The van der Waals surface area contributed by atoms with Crippen molar-refractivity contribution < 1.29 is 23.5 Å². The molecule has 0 saturated carbocycles. The molecule has 0 spiro atoms. The van der Waals surface area contributed by atoms with E-state index in [0.29, 0.717) is 11.6 Å². The van der Waals surface area contributed by atoms with Crippen molar-refractivity contribution in [3.63, 3.8) is 0 Å². The molecule has 0 saturated heterocycles. The van der Waals surface area contributed by atoms with Crippen LogP contribution in [0.2, 0.25) is 0 Å². The Kier molecular flexibility index (Phi) is 8.24. The molecule has 0 aliphatic carbocycles. The highest BCUT2D eigenvalue weighted by molar-refractivity contribution is 5.99. The minimum Gasteiger partial charge on any atom is -0.497 e. The van der Waals surface area contributed by atoms with E-state index in [1.807, 2.05) is 51.1 Å². The number of hydrogen-bond donors (Lipinski definition) is 1. The van der Waals surface area contributed by atoms with Gasteiger partial charge in [0.1, 0.15) is 23.9 Å². The Balaban J connectivity index is 1.85. The summed E-state index contributed by atoms with van der Waals surface area (Å²) >= 11 is 0. The third-order valence-corrected chi connectivity index (χ3v) is 5.34. The highest BCUT2D eigenvalue weighted by Crippen LogP contribution is 2.27. The second kappa shape index (κ2) is 11.1. The second-order valence-electron chi connectivity index (χ2n) is 9.05. The van der Waals surface area contributed by atoms with Gasteiger partial charge in [0.15, 0.2) is 0 Å². The fourth-order valence-electron chi connectivity index (χ4n) is 3.34. The van der Waals surface area contributed by atoms with Crippen molar-refractivity contribution >= 4 is 17.6 Å². The lowest BCUT2D eigenvalue weighted by Crippen LogP contribution is -2.40. The number of nitrogens with zero attached hydrogens (tertiary/aromatic N) is 3. The number of methoxy groups -OCH3 is 2. The van der Waals surface area contributed by atoms with Crippen molar-refractivity contribution in [1.29, 1.82) is 0 Å². The van der Waals surface area contributed by atoms with Gasteiger partial charge >= 0.3 is 0 Å². The first-order valence-electron chi connectivity index (χ1n) is 11.2. The standard InChI is InChI=1S/C26H31FN4O4/c1-26(2,3)22-16-23(31(29-22)20-10-12-21(35-5)13-11-20)28-24(32)17-30(14-15-34-4)25(33)18-6-8-19(27)9-7-18/h6-13,16H,14-15,17H2,1-5H3,(H,28,32). The van der Waals surface area contributed by atoms with E-state index in [9.17, 15) is 14.0 Å². The van der Waals surface area contributed by atoms with Gasteiger partial charge in [0, 0.05) is 30.7 Å². The molecule has 35 heavy (non-hydrogen) atoms. The van der Waals surface area contributed by atoms with E-state index >= 15 is 0 Å². The van der Waals surface area contributed by atoms with Crippen LogP contribution >= 0.6 is 0 Å². The smallest absolute Gasteiger partial charge is 0.254 e. The van der Waals surface area contributed by atoms with Crippen molar-refractivity contribution in [3.8, 4) is 11.4 Å². The van der Waals surface area contributed by atoms with Gasteiger partial charge in [0.2, 0.25) is 5.91 Å². The van der Waals surface area contributed by atoms with E-state index in [-0.39, 0.29) is 30.7 Å². The van der Waals surface area contributed by atoms with Gasteiger partial charge in [-0.3, -0.25) is 9.59 Å². The molecule has 0 fully saturated rings. The Bertz CT molecular complexity index is 1150. The summed E-state index contributed by atoms with van der Waals surface area (Å²) in [5.41, 5.74) is 1.58. The number of carbonyl (C=O) groups is 2. The number of aromatic nitrogens is 2. The average molecular weight is 483 g/mol. The molecular weight excluding hydrogens is 451 g/mol. The number of anilines is 1. The van der Waals surface area contributed by atoms with Crippen LogP contribution in [0.1, 0.15) is 36.8 Å². The van der Waals surface area contributed by atoms with Gasteiger partial charge in [-0.1, -0.05) is 20.8 Å². The zero-order chi connectivity index (χ0) is 25.6. The molecule has 0 aliphatic heterocycles. The van der Waals surface area contributed by atoms with Crippen molar-refractivity contribution in [2.75, 3.05) is 39.2 Å². The van der Waals surface area contributed by atoms with Crippen LogP contribution in [0.15, 0.2) is 54.6 Å². The lowest BCUT2D eigenvalue weighted by atomic mass is 9.92. The molecule has 0 bridgehead atoms. The van der Waals surface area contributed by atoms with Crippen molar-refractivity contribution in [1.82, 2.24) is 14.7 Å². The second-order valence-corrected chi connectivity index (χ2v) is 9.05. The molecule has 1 heterocycles. The molecule has 0 radical (unpaired) electrons. The molecule has 1 N–H and O–H groups in total. The minimum absolute atomic E-state index is 0.200. The summed E-state index contributed by atoms with van der Waals surface area (Å²) < 4.78 is 25.3. The van der Waals surface area contributed by atoms with Crippen molar-refractivity contribution in [2.24, 2.45) is 0 Å². The molecule has 3 aromatic rings. The largest absolute Gasteiger partial charge is 0.497 e. The minimum atomic E-state index is -0.441. The van der Waals surface area contributed by atoms with Crippen LogP contribution < -0.4 is 10.1 Å². The molecule has 0 aliphatic rings. The van der Waals surface area contributed by atoms with Gasteiger partial charge in [0.25, 0.3) is 5.91 Å². The first-order chi connectivity index (χ1) is 16.6. The number of nitrogens with one attached hydrogen (secondary N) is 1. The first-order valence-corrected chi connectivity index (χ1v) is 11.2. The quantitative estimate of drug-likeness (QED) is 0.498. The fourth-order valence-corrected chi connectivity index (χ4v) is 3.34. The van der Waals surface area contributed by atoms with Crippen molar-refractivity contribution in [2.45, 2.75) is 26.2 Å². The van der Waals surface area contributed by atoms with Crippen LogP contribution in [0.5, 0.6) is 5.75 Å². The number of hydrogen-bond acceptors (Lipinski definition) is 5. The lowest BCUT2D eigenvalue weighted by molar-refractivity contribution is -0.117. The zero-order valence-corrected chi connectivity index (χ0v) is 20.7. The molecule has 3 rings (SSSR count). The maximum Gasteiger partial charge on any atom is 0.254 e. The summed E-state index contributed by atoms with van der Waals surface area (Å²) in [7, 11) is 3.11. The van der Waals surface area contributed by atoms with E-state index in [2.05, 4.69) is 5.32 Å². The van der Waals surface area contributed by atoms with Gasteiger partial charge in [0.05, 0.1) is 25.1 Å². The molecule has 0 unspecified atom stereocenters. The molecule has 0 atom stereocenters. The highest BCUT2D eigenvalue weighted by atomic mass is 19.1. The summed E-state index contributed by atoms with van der Waals surface area (Å²) in [5, 5.41) is 7.59. The van der Waals surface area contributed by atoms with E-state index in [0.717, 1.165) is 11.4 Å². The molecule has 9 heteroatoms. The summed E-state index contributed by atoms with van der Waals surface area (Å²) in [6, 6.07) is 14.3. The van der Waals surface area contributed by atoms with Crippen LogP contribution in [0, 0.1) is 5.82 Å². The normalized spacial score (nSPS) is 11.3. The molecular formula is C26H31FN4O4. The predicted molar refractivity (Wildman–Crippen MR) is 132 cm³/mol. The Morgan fingerprint density at radius 1 is 1.06 bits per heavy atom. The van der Waals surface area contributed by atoms with E-state index in [1.165, 1.54) is 36.3 Å². The van der Waals surface area contributed by atoms with Crippen LogP contribution in [0.4, 0.5) is 10.2 Å². The van der Waals surface area contributed by atoms with Crippen LogP contribution in [0.25, 0.3) is 5.69 Å². The number of halogens is 1. The van der Waals surface area contributed by atoms with E-state index < -0.39 is 17.6 Å². The Hall–Kier alpha value is -3.72. The van der Waals surface area contributed by atoms with Crippen LogP contribution in [0.3, 0.4) is 0 Å². The van der Waals surface area contributed by atoms with E-state index in [4.69, 9.17) is 14.6 Å². The van der Waals surface area contributed by atoms with Gasteiger partial charge in [-0.25, -0.2) is 9.07 Å². The maximum absolute atomic E-state index is 13.3. The zero-order valence-electron chi connectivity index (χ0n) is 20.7. The number of benzene rings is 2. The molecule has 1 aromatic heterocycles. The Labute approximate surface area is 204 Å². The fraction of sp³-hybridized carbons (Fsp3) is 0.346. The number of carbonyl (C=O) groups excluding carboxylic acids is 2. The monoisotopic (exact) mass is 482 g/mol. The summed E-state index contributed by atoms with van der Waals surface area (Å²) in [6.07, 6.45) is 0. The molecule has 186 valence electrons. The summed E-state index contributed by atoms with van der Waals surface area (Å²) in [5.74, 6) is -0.0475. The topological polar surface area (TPSA) is 85.7 Å². The summed E-state index contributed by atoms with van der Waals surface area (Å²) in [6.45, 7) is 6.34. The molecule has 2 amide bonds. The number of rotatable bonds is 9. The van der Waals surface area contributed by atoms with Crippen LogP contribution in [-0.4, -0.2) is 60.4 Å². The van der Waals surface area contributed by atoms with Gasteiger partial charge in [-0.05, 0) is 48.5 Å². The van der Waals surface area contributed by atoms with Crippen LogP contribution in [-0.2, 0) is 14.9 Å². The Morgan fingerprint density at radius 3 is 2.29 bits per heavy atom. The maximum atomic E-state index is 13.3. The van der Waals surface area contributed by atoms with E-state index in [1.54, 1.807) is 11.8 Å². The third-order valence-electron chi connectivity index (χ3n) is 5.34. The molecule has 8 nitrogen and oxygen atoms in total.